The van der Waals surface area contributed by atoms with Crippen LogP contribution in [0.2, 0.25) is 0 Å². The summed E-state index contributed by atoms with van der Waals surface area (Å²) in [7, 11) is 0. The molecule has 0 aliphatic carbocycles. The van der Waals surface area contributed by atoms with E-state index in [1.54, 1.807) is 0 Å². The van der Waals surface area contributed by atoms with Crippen molar-refractivity contribution in [3.63, 3.8) is 0 Å². The predicted molar refractivity (Wildman–Crippen MR) is 283 cm³/mol. The second-order valence-corrected chi connectivity index (χ2v) is 17.9. The van der Waals surface area contributed by atoms with Crippen molar-refractivity contribution in [3.8, 4) is 51.0 Å². The molecule has 0 aliphatic rings. The van der Waals surface area contributed by atoms with Gasteiger partial charge >= 0.3 is 0 Å². The van der Waals surface area contributed by atoms with Gasteiger partial charge in [-0.25, -0.2) is 15.0 Å². The molecule has 15 aromatic rings. The van der Waals surface area contributed by atoms with Crippen LogP contribution in [0.4, 0.5) is 0 Å². The van der Waals surface area contributed by atoms with Gasteiger partial charge in [0.2, 0.25) is 0 Å². The van der Waals surface area contributed by atoms with E-state index in [1.807, 2.05) is 48.5 Å². The van der Waals surface area contributed by atoms with Crippen LogP contribution in [0.15, 0.2) is 227 Å². The van der Waals surface area contributed by atoms with E-state index in [0.29, 0.717) is 17.5 Å². The highest BCUT2D eigenvalue weighted by molar-refractivity contribution is 6.28. The molecule has 4 aromatic heterocycles. The summed E-state index contributed by atoms with van der Waals surface area (Å²) in [5.74, 6) is 1.74. The molecule has 0 atom stereocenters. The molecule has 0 saturated carbocycles. The molecule has 0 N–H and O–H groups in total. The molecule has 0 saturated heterocycles. The van der Waals surface area contributed by atoms with Gasteiger partial charge in [-0.15, -0.1) is 0 Å². The summed E-state index contributed by atoms with van der Waals surface area (Å²) in [5.41, 5.74) is 11.6. The van der Waals surface area contributed by atoms with E-state index in [4.69, 9.17) is 23.8 Å². The van der Waals surface area contributed by atoms with Crippen molar-refractivity contribution in [2.45, 2.75) is 0 Å². The number of hydrogen-bond acceptors (Lipinski definition) is 5. The van der Waals surface area contributed by atoms with Gasteiger partial charge in [0.25, 0.3) is 0 Å². The Bertz CT molecular complexity index is 4620. The quantitative estimate of drug-likeness (QED) is 0.161. The molecular formula is C63H36N4O2. The van der Waals surface area contributed by atoms with E-state index in [-0.39, 0.29) is 0 Å². The van der Waals surface area contributed by atoms with E-state index >= 15 is 0 Å². The highest BCUT2D eigenvalue weighted by Gasteiger charge is 2.22. The molecule has 0 fully saturated rings. The summed E-state index contributed by atoms with van der Waals surface area (Å²) >= 11 is 0. The van der Waals surface area contributed by atoms with Crippen LogP contribution in [0, 0.1) is 0 Å². The van der Waals surface area contributed by atoms with Crippen molar-refractivity contribution in [1.29, 1.82) is 0 Å². The van der Waals surface area contributed by atoms with E-state index in [1.165, 1.54) is 26.9 Å². The van der Waals surface area contributed by atoms with Crippen molar-refractivity contribution in [1.82, 2.24) is 19.5 Å². The van der Waals surface area contributed by atoms with Crippen LogP contribution in [0.3, 0.4) is 0 Å². The molecule has 0 radical (unpaired) electrons. The lowest BCUT2D eigenvalue weighted by Crippen LogP contribution is -2.02. The smallest absolute Gasteiger partial charge is 0.164 e. The lowest BCUT2D eigenvalue weighted by Gasteiger charge is -2.18. The maximum Gasteiger partial charge on any atom is 0.164 e. The van der Waals surface area contributed by atoms with Crippen LogP contribution < -0.4 is 0 Å². The van der Waals surface area contributed by atoms with Crippen molar-refractivity contribution < 1.29 is 8.83 Å². The van der Waals surface area contributed by atoms with Gasteiger partial charge in [-0.05, 0) is 105 Å². The number of aromatic nitrogens is 4. The van der Waals surface area contributed by atoms with Crippen LogP contribution in [0.25, 0.3) is 149 Å². The van der Waals surface area contributed by atoms with Gasteiger partial charge in [0.1, 0.15) is 22.3 Å². The van der Waals surface area contributed by atoms with Gasteiger partial charge < -0.3 is 13.4 Å². The van der Waals surface area contributed by atoms with Gasteiger partial charge in [0, 0.05) is 54.4 Å². The lowest BCUT2D eigenvalue weighted by atomic mass is 9.91. The second kappa shape index (κ2) is 14.6. The number of furan rings is 2. The van der Waals surface area contributed by atoms with Gasteiger partial charge in [-0.3, -0.25) is 0 Å². The van der Waals surface area contributed by atoms with Crippen molar-refractivity contribution in [2.24, 2.45) is 0 Å². The lowest BCUT2D eigenvalue weighted by molar-refractivity contribution is 0.668. The average molecular weight is 881 g/mol. The fourth-order valence-corrected chi connectivity index (χ4v) is 10.8. The van der Waals surface area contributed by atoms with Crippen LogP contribution in [0.1, 0.15) is 0 Å². The molecule has 0 unspecified atom stereocenters. The minimum absolute atomic E-state index is 0.567. The first-order valence-electron chi connectivity index (χ1n) is 23.2. The summed E-state index contributed by atoms with van der Waals surface area (Å²) in [5, 5.41) is 13.7. The fourth-order valence-electron chi connectivity index (χ4n) is 10.8. The van der Waals surface area contributed by atoms with Crippen LogP contribution in [0.5, 0.6) is 0 Å². The number of fused-ring (bicyclic) bond motifs is 15. The Morgan fingerprint density at radius 3 is 1.49 bits per heavy atom. The van der Waals surface area contributed by atoms with E-state index in [0.717, 1.165) is 105 Å². The molecule has 69 heavy (non-hydrogen) atoms. The molecule has 0 bridgehead atoms. The van der Waals surface area contributed by atoms with E-state index in [9.17, 15) is 0 Å². The first-order valence-corrected chi connectivity index (χ1v) is 23.2. The summed E-state index contributed by atoms with van der Waals surface area (Å²) in [4.78, 5) is 15.8. The average Bonchev–Trinajstić information content (AvgIpc) is 4.09. The molecule has 0 spiro atoms. The number of benzene rings is 11. The SMILES string of the molecule is c1ccc(-c2nc(-c3ccc4c(c3)oc3ccccc34)nc(-c3cc(-n4c5ccccc5c5cc(-c6ccc7oc8ccccc8c7c6)ccc54)c4c5ccccc5c5ccccc5c4c3)n2)cc1. The fraction of sp³-hybridized carbons (Fsp3) is 0. The summed E-state index contributed by atoms with van der Waals surface area (Å²) in [6, 6.07) is 77.1. The molecule has 6 nitrogen and oxygen atoms in total. The van der Waals surface area contributed by atoms with Crippen molar-refractivity contribution in [3.05, 3.63) is 218 Å². The van der Waals surface area contributed by atoms with Gasteiger partial charge in [0.15, 0.2) is 17.5 Å². The third kappa shape index (κ3) is 5.76. The molecule has 0 aliphatic heterocycles. The zero-order chi connectivity index (χ0) is 45.2. The largest absolute Gasteiger partial charge is 0.456 e. The second-order valence-electron chi connectivity index (χ2n) is 17.9. The number of para-hydroxylation sites is 3. The Hall–Kier alpha value is -9.39. The summed E-state index contributed by atoms with van der Waals surface area (Å²) < 4.78 is 15.0. The van der Waals surface area contributed by atoms with Gasteiger partial charge in [-0.1, -0.05) is 152 Å². The zero-order valence-electron chi connectivity index (χ0n) is 36.9. The number of rotatable bonds is 5. The van der Waals surface area contributed by atoms with E-state index in [2.05, 4.69) is 174 Å². The Kier molecular flexibility index (Phi) is 7.97. The first kappa shape index (κ1) is 37.8. The molecule has 4 heterocycles. The third-order valence-corrected chi connectivity index (χ3v) is 14.0. The van der Waals surface area contributed by atoms with E-state index < -0.39 is 0 Å². The van der Waals surface area contributed by atoms with Gasteiger partial charge in [-0.2, -0.15) is 0 Å². The van der Waals surface area contributed by atoms with Gasteiger partial charge in [0.05, 0.1) is 16.7 Å². The molecule has 0 amide bonds. The number of hydrogen-bond donors (Lipinski definition) is 0. The highest BCUT2D eigenvalue weighted by atomic mass is 16.3. The Morgan fingerprint density at radius 1 is 0.261 bits per heavy atom. The van der Waals surface area contributed by atoms with Crippen LogP contribution in [-0.2, 0) is 0 Å². The number of nitrogens with zero attached hydrogens (tertiary/aromatic N) is 4. The molecule has 6 heteroatoms. The Morgan fingerprint density at radius 2 is 0.739 bits per heavy atom. The Labute approximate surface area is 394 Å². The molecule has 320 valence electrons. The minimum atomic E-state index is 0.567. The van der Waals surface area contributed by atoms with Crippen molar-refractivity contribution in [2.75, 3.05) is 0 Å². The van der Waals surface area contributed by atoms with Crippen molar-refractivity contribution >= 4 is 98.0 Å². The van der Waals surface area contributed by atoms with Crippen LogP contribution in [-0.4, -0.2) is 19.5 Å². The third-order valence-electron chi connectivity index (χ3n) is 14.0. The predicted octanol–water partition coefficient (Wildman–Crippen LogP) is 16.9. The molecule has 11 aromatic carbocycles. The monoisotopic (exact) mass is 880 g/mol. The summed E-state index contributed by atoms with van der Waals surface area (Å²) in [6.45, 7) is 0. The molecular weight excluding hydrogens is 845 g/mol. The summed E-state index contributed by atoms with van der Waals surface area (Å²) in [6.07, 6.45) is 0. The highest BCUT2D eigenvalue weighted by Crippen LogP contribution is 2.44. The maximum absolute atomic E-state index is 6.38. The molecule has 15 rings (SSSR count). The first-order chi connectivity index (χ1) is 34.2. The minimum Gasteiger partial charge on any atom is -0.456 e. The maximum atomic E-state index is 6.38. The topological polar surface area (TPSA) is 69.9 Å². The van der Waals surface area contributed by atoms with Crippen LogP contribution >= 0.6 is 0 Å². The normalized spacial score (nSPS) is 12.1. The standard InChI is InChI=1S/C63H36N4O2/c1-2-14-37(15-3-1)61-64-62(40-26-29-48-46-20-9-12-24-56(46)69-59(48)36-40)66-63(65-61)41-34-52-44-18-5-4-16-42(44)43-17-6-7-22-49(43)60(52)55(35-41)67-53-23-11-8-19-45(53)50-32-38(27-30-54(50)67)39-28-31-58-51(33-39)47-21-10-13-25-57(47)68-58/h1-36H. The Balaban J connectivity index is 1.01. The zero-order valence-corrected chi connectivity index (χ0v) is 36.9.